The number of nitrogens with zero attached hydrogens (tertiary/aromatic N) is 3. The van der Waals surface area contributed by atoms with Gasteiger partial charge in [0.05, 0.1) is 24.3 Å². The third-order valence-corrected chi connectivity index (χ3v) is 3.22. The fourth-order valence-electron chi connectivity index (χ4n) is 2.29. The summed E-state index contributed by atoms with van der Waals surface area (Å²) in [7, 11) is 0. The number of hydrogen-bond donors (Lipinski definition) is 2. The Hall–Kier alpha value is -2.04. The van der Waals surface area contributed by atoms with Crippen molar-refractivity contribution in [3.63, 3.8) is 0 Å². The van der Waals surface area contributed by atoms with Crippen molar-refractivity contribution < 1.29 is 0 Å². The molecule has 1 aliphatic rings. The van der Waals surface area contributed by atoms with Crippen molar-refractivity contribution in [2.24, 2.45) is 0 Å². The Bertz CT molecular complexity index is 488. The monoisotopic (exact) mass is 243 g/mol. The smallest absolute Gasteiger partial charge is 0.151 e. The minimum absolute atomic E-state index is 0.743. The second-order valence-electron chi connectivity index (χ2n) is 4.50. The summed E-state index contributed by atoms with van der Waals surface area (Å²) in [6, 6.07) is 4.05. The molecule has 5 nitrogen and oxygen atoms in total. The van der Waals surface area contributed by atoms with Crippen LogP contribution < -0.4 is 10.2 Å². The molecule has 3 heterocycles. The maximum Gasteiger partial charge on any atom is 0.151 e. The highest BCUT2D eigenvalue weighted by Gasteiger charge is 2.16. The number of aromatic nitrogens is 3. The Morgan fingerprint density at radius 1 is 1.33 bits per heavy atom. The minimum atomic E-state index is 0.743. The molecule has 0 saturated carbocycles. The lowest BCUT2D eigenvalue weighted by Crippen LogP contribution is -2.20. The van der Waals surface area contributed by atoms with Crippen LogP contribution in [0.25, 0.3) is 0 Å². The van der Waals surface area contributed by atoms with E-state index in [1.54, 1.807) is 6.33 Å². The minimum Gasteiger partial charge on any atom is -0.376 e. The van der Waals surface area contributed by atoms with Crippen molar-refractivity contribution in [2.75, 3.05) is 23.3 Å². The SMILES string of the molecule is c1cnc(N2CCCC2)c(NCc2cnc[nH]2)c1. The molecule has 1 fully saturated rings. The van der Waals surface area contributed by atoms with Gasteiger partial charge in [0, 0.05) is 25.5 Å². The molecule has 2 N–H and O–H groups in total. The Labute approximate surface area is 106 Å². The molecule has 2 aromatic rings. The summed E-state index contributed by atoms with van der Waals surface area (Å²) in [5.41, 5.74) is 2.17. The standard InChI is InChI=1S/C13H17N5/c1-2-7-18(6-1)13-12(4-3-5-15-13)16-9-11-8-14-10-17-11/h3-5,8,10,16H,1-2,6-7,9H2,(H,14,17). The Morgan fingerprint density at radius 3 is 3.00 bits per heavy atom. The van der Waals surface area contributed by atoms with Gasteiger partial charge in [0.2, 0.25) is 0 Å². The van der Waals surface area contributed by atoms with Crippen LogP contribution in [-0.2, 0) is 6.54 Å². The maximum atomic E-state index is 4.50. The van der Waals surface area contributed by atoms with Crippen LogP contribution in [0.5, 0.6) is 0 Å². The molecular formula is C13H17N5. The van der Waals surface area contributed by atoms with Crippen LogP contribution in [-0.4, -0.2) is 28.0 Å². The second-order valence-corrected chi connectivity index (χ2v) is 4.50. The summed E-state index contributed by atoms with van der Waals surface area (Å²) in [4.78, 5) is 13.9. The van der Waals surface area contributed by atoms with Gasteiger partial charge in [0.1, 0.15) is 0 Å². The van der Waals surface area contributed by atoms with Crippen molar-refractivity contribution in [1.82, 2.24) is 15.0 Å². The maximum absolute atomic E-state index is 4.50. The topological polar surface area (TPSA) is 56.8 Å². The molecule has 0 aliphatic carbocycles. The van der Waals surface area contributed by atoms with Gasteiger partial charge in [0.25, 0.3) is 0 Å². The molecule has 0 amide bonds. The number of pyridine rings is 1. The van der Waals surface area contributed by atoms with E-state index < -0.39 is 0 Å². The first-order valence-electron chi connectivity index (χ1n) is 6.34. The van der Waals surface area contributed by atoms with Crippen molar-refractivity contribution in [1.29, 1.82) is 0 Å². The summed E-state index contributed by atoms with van der Waals surface area (Å²) < 4.78 is 0. The molecule has 0 spiro atoms. The van der Waals surface area contributed by atoms with Crippen LogP contribution in [0.4, 0.5) is 11.5 Å². The highest BCUT2D eigenvalue weighted by Crippen LogP contribution is 2.26. The van der Waals surface area contributed by atoms with E-state index in [-0.39, 0.29) is 0 Å². The number of anilines is 2. The molecule has 0 unspecified atom stereocenters. The zero-order chi connectivity index (χ0) is 12.2. The third-order valence-electron chi connectivity index (χ3n) is 3.22. The zero-order valence-electron chi connectivity index (χ0n) is 10.3. The summed E-state index contributed by atoms with van der Waals surface area (Å²) in [5.74, 6) is 1.06. The van der Waals surface area contributed by atoms with Crippen LogP contribution in [0, 0.1) is 0 Å². The van der Waals surface area contributed by atoms with Gasteiger partial charge >= 0.3 is 0 Å². The lowest BCUT2D eigenvalue weighted by Gasteiger charge is -2.20. The molecule has 3 rings (SSSR count). The van der Waals surface area contributed by atoms with Gasteiger partial charge in [-0.3, -0.25) is 0 Å². The van der Waals surface area contributed by atoms with E-state index in [0.717, 1.165) is 36.8 Å². The van der Waals surface area contributed by atoms with Gasteiger partial charge < -0.3 is 15.2 Å². The molecule has 1 aliphatic heterocycles. The predicted octanol–water partition coefficient (Wildman–Crippen LogP) is 2.02. The Balaban J connectivity index is 1.74. The number of aromatic amines is 1. The molecular weight excluding hydrogens is 226 g/mol. The van der Waals surface area contributed by atoms with E-state index in [4.69, 9.17) is 0 Å². The summed E-state index contributed by atoms with van der Waals surface area (Å²) in [6.45, 7) is 2.96. The van der Waals surface area contributed by atoms with Crippen LogP contribution in [0.3, 0.4) is 0 Å². The second kappa shape index (κ2) is 5.08. The van der Waals surface area contributed by atoms with Crippen LogP contribution in [0.2, 0.25) is 0 Å². The van der Waals surface area contributed by atoms with Gasteiger partial charge in [-0.2, -0.15) is 0 Å². The van der Waals surface area contributed by atoms with E-state index in [2.05, 4.69) is 31.2 Å². The van der Waals surface area contributed by atoms with Crippen molar-refractivity contribution in [3.8, 4) is 0 Å². The average molecular weight is 243 g/mol. The molecule has 0 radical (unpaired) electrons. The molecule has 1 saturated heterocycles. The first kappa shape index (κ1) is 11.1. The molecule has 18 heavy (non-hydrogen) atoms. The average Bonchev–Trinajstić information content (AvgIpc) is 3.10. The lowest BCUT2D eigenvalue weighted by atomic mass is 10.3. The number of hydrogen-bond acceptors (Lipinski definition) is 4. The molecule has 94 valence electrons. The van der Waals surface area contributed by atoms with Crippen LogP contribution >= 0.6 is 0 Å². The van der Waals surface area contributed by atoms with E-state index in [9.17, 15) is 0 Å². The van der Waals surface area contributed by atoms with E-state index in [0.29, 0.717) is 0 Å². The molecule has 0 aromatic carbocycles. The van der Waals surface area contributed by atoms with Crippen LogP contribution in [0.15, 0.2) is 30.9 Å². The normalized spacial score (nSPS) is 15.0. The quantitative estimate of drug-likeness (QED) is 0.862. The third kappa shape index (κ3) is 2.30. The number of imidazole rings is 1. The Morgan fingerprint density at radius 2 is 2.22 bits per heavy atom. The summed E-state index contributed by atoms with van der Waals surface area (Å²) in [6.07, 6.45) is 7.91. The number of H-pyrrole nitrogens is 1. The van der Waals surface area contributed by atoms with Gasteiger partial charge in [-0.05, 0) is 25.0 Å². The highest BCUT2D eigenvalue weighted by molar-refractivity contribution is 5.65. The molecule has 2 aromatic heterocycles. The van der Waals surface area contributed by atoms with Crippen LogP contribution in [0.1, 0.15) is 18.5 Å². The first-order valence-corrected chi connectivity index (χ1v) is 6.34. The van der Waals surface area contributed by atoms with Crippen molar-refractivity contribution in [2.45, 2.75) is 19.4 Å². The van der Waals surface area contributed by atoms with Crippen molar-refractivity contribution in [3.05, 3.63) is 36.5 Å². The summed E-state index contributed by atoms with van der Waals surface area (Å²) >= 11 is 0. The van der Waals surface area contributed by atoms with Gasteiger partial charge in [-0.25, -0.2) is 9.97 Å². The van der Waals surface area contributed by atoms with Gasteiger partial charge in [0.15, 0.2) is 5.82 Å². The predicted molar refractivity (Wildman–Crippen MR) is 71.6 cm³/mol. The van der Waals surface area contributed by atoms with E-state index in [1.807, 2.05) is 18.5 Å². The fraction of sp³-hybridized carbons (Fsp3) is 0.385. The number of rotatable bonds is 4. The first-order chi connectivity index (χ1) is 8.93. The highest BCUT2D eigenvalue weighted by atomic mass is 15.2. The fourth-order valence-corrected chi connectivity index (χ4v) is 2.29. The van der Waals surface area contributed by atoms with Gasteiger partial charge in [-0.1, -0.05) is 0 Å². The molecule has 0 atom stereocenters. The zero-order valence-corrected chi connectivity index (χ0v) is 10.3. The van der Waals surface area contributed by atoms with Gasteiger partial charge in [-0.15, -0.1) is 0 Å². The molecule has 5 heteroatoms. The molecule has 0 bridgehead atoms. The largest absolute Gasteiger partial charge is 0.376 e. The van der Waals surface area contributed by atoms with E-state index in [1.165, 1.54) is 12.8 Å². The Kier molecular flexibility index (Phi) is 3.12. The number of nitrogens with one attached hydrogen (secondary N) is 2. The van der Waals surface area contributed by atoms with E-state index >= 15 is 0 Å². The summed E-state index contributed by atoms with van der Waals surface area (Å²) in [5, 5.41) is 3.42. The lowest BCUT2D eigenvalue weighted by molar-refractivity contribution is 0.933. The van der Waals surface area contributed by atoms with Crippen molar-refractivity contribution >= 4 is 11.5 Å².